The normalized spacial score (nSPS) is 20.9. The Morgan fingerprint density at radius 2 is 2.24 bits per heavy atom. The fourth-order valence-electron chi connectivity index (χ4n) is 2.51. The molecule has 1 aliphatic rings. The predicted octanol–water partition coefficient (Wildman–Crippen LogP) is 3.43. The van der Waals surface area contributed by atoms with E-state index in [2.05, 4.69) is 43.0 Å². The van der Waals surface area contributed by atoms with Crippen LogP contribution < -0.4 is 5.73 Å². The maximum Gasteiger partial charge on any atom is 0.000168 e. The average Bonchev–Trinajstić information content (AvgIpc) is 2.39. The first-order chi connectivity index (χ1) is 8.31. The monoisotopic (exact) mass is 249 g/mol. The number of rotatable bonds is 5. The van der Waals surface area contributed by atoms with Crippen LogP contribution in [0.2, 0.25) is 0 Å². The minimum Gasteiger partial charge on any atom is -0.330 e. The lowest BCUT2D eigenvalue weighted by Crippen LogP contribution is -2.15. The molecule has 17 heavy (non-hydrogen) atoms. The smallest absolute Gasteiger partial charge is 0.000168 e. The molecule has 0 saturated heterocycles. The second-order valence-electron chi connectivity index (χ2n) is 5.17. The number of aryl methyl sites for hydroxylation is 1. The highest BCUT2D eigenvalue weighted by Gasteiger charge is 2.19. The van der Waals surface area contributed by atoms with E-state index in [1.165, 1.54) is 30.8 Å². The topological polar surface area (TPSA) is 26.0 Å². The molecule has 1 nitrogen and oxygen atoms in total. The van der Waals surface area contributed by atoms with Crippen LogP contribution in [0, 0.1) is 5.92 Å². The van der Waals surface area contributed by atoms with Crippen molar-refractivity contribution in [2.24, 2.45) is 11.7 Å². The van der Waals surface area contributed by atoms with Gasteiger partial charge in [-0.25, -0.2) is 0 Å². The van der Waals surface area contributed by atoms with Crippen molar-refractivity contribution in [1.82, 2.24) is 0 Å². The van der Waals surface area contributed by atoms with Gasteiger partial charge in [0.25, 0.3) is 0 Å². The Labute approximate surface area is 109 Å². The molecular weight excluding hydrogens is 226 g/mol. The molecule has 2 rings (SSSR count). The van der Waals surface area contributed by atoms with Crippen LogP contribution in [0.1, 0.15) is 36.8 Å². The van der Waals surface area contributed by atoms with E-state index in [-0.39, 0.29) is 0 Å². The number of thioether (sulfide) groups is 1. The molecule has 1 aliphatic carbocycles. The second-order valence-corrected chi connectivity index (χ2v) is 6.24. The minimum atomic E-state index is 0.652. The first-order valence-electron chi connectivity index (χ1n) is 6.67. The van der Waals surface area contributed by atoms with Crippen LogP contribution in [0.4, 0.5) is 0 Å². The van der Waals surface area contributed by atoms with Crippen molar-refractivity contribution in [2.75, 3.05) is 18.1 Å². The molecule has 2 heteroatoms. The number of fused-ring (bicyclic) bond motifs is 1. The van der Waals surface area contributed by atoms with E-state index in [1.54, 1.807) is 11.1 Å². The van der Waals surface area contributed by atoms with Gasteiger partial charge in [0.15, 0.2) is 0 Å². The number of nitrogens with two attached hydrogens (primary N) is 1. The number of hydrogen-bond donors (Lipinski definition) is 1. The predicted molar refractivity (Wildman–Crippen MR) is 77.7 cm³/mol. The quantitative estimate of drug-likeness (QED) is 0.865. The van der Waals surface area contributed by atoms with Crippen molar-refractivity contribution in [2.45, 2.75) is 32.1 Å². The van der Waals surface area contributed by atoms with Gasteiger partial charge in [-0.2, -0.15) is 11.8 Å². The van der Waals surface area contributed by atoms with Crippen molar-refractivity contribution in [3.63, 3.8) is 0 Å². The molecule has 0 bridgehead atoms. The van der Waals surface area contributed by atoms with Crippen LogP contribution >= 0.6 is 11.8 Å². The summed E-state index contributed by atoms with van der Waals surface area (Å²) in [7, 11) is 0. The Bertz CT molecular complexity index is 351. The summed E-state index contributed by atoms with van der Waals surface area (Å²) in [6, 6.07) is 8.98. The summed E-state index contributed by atoms with van der Waals surface area (Å²) in [4.78, 5) is 0. The van der Waals surface area contributed by atoms with E-state index >= 15 is 0 Å². The zero-order chi connectivity index (χ0) is 12.1. The van der Waals surface area contributed by atoms with E-state index in [1.807, 2.05) is 0 Å². The third kappa shape index (κ3) is 3.49. The average molecular weight is 249 g/mol. The maximum atomic E-state index is 5.65. The fraction of sp³-hybridized carbons (Fsp3) is 0.600. The molecule has 0 saturated carbocycles. The summed E-state index contributed by atoms with van der Waals surface area (Å²) in [5.74, 6) is 3.89. The van der Waals surface area contributed by atoms with Crippen molar-refractivity contribution in [1.29, 1.82) is 0 Å². The van der Waals surface area contributed by atoms with E-state index in [9.17, 15) is 0 Å². The summed E-state index contributed by atoms with van der Waals surface area (Å²) in [6.45, 7) is 3.05. The molecule has 0 aromatic heterocycles. The lowest BCUT2D eigenvalue weighted by Gasteiger charge is -2.25. The van der Waals surface area contributed by atoms with Gasteiger partial charge in [0, 0.05) is 5.75 Å². The lowest BCUT2D eigenvalue weighted by molar-refractivity contribution is 0.595. The van der Waals surface area contributed by atoms with Crippen LogP contribution in [0.25, 0.3) is 0 Å². The molecule has 1 aromatic rings. The molecular formula is C15H23NS. The zero-order valence-corrected chi connectivity index (χ0v) is 11.5. The van der Waals surface area contributed by atoms with Crippen LogP contribution in [-0.4, -0.2) is 18.1 Å². The molecule has 1 aromatic carbocycles. The Kier molecular flexibility index (Phi) is 4.93. The summed E-state index contributed by atoms with van der Waals surface area (Å²) >= 11 is 2.08. The standard InChI is InChI=1S/C15H23NS/c1-12(9-16)10-17-11-14-7-4-6-13-5-2-3-8-15(13)14/h2-3,5,8,12,14H,4,6-7,9-11,16H2,1H3. The Balaban J connectivity index is 1.90. The van der Waals surface area contributed by atoms with Crippen molar-refractivity contribution < 1.29 is 0 Å². The van der Waals surface area contributed by atoms with Gasteiger partial charge in [0.05, 0.1) is 0 Å². The second kappa shape index (κ2) is 6.46. The minimum absolute atomic E-state index is 0.652. The number of benzene rings is 1. The highest BCUT2D eigenvalue weighted by molar-refractivity contribution is 7.99. The van der Waals surface area contributed by atoms with Crippen molar-refractivity contribution >= 4 is 11.8 Å². The van der Waals surface area contributed by atoms with E-state index in [0.717, 1.165) is 12.5 Å². The van der Waals surface area contributed by atoms with Gasteiger partial charge in [0.1, 0.15) is 0 Å². The SMILES string of the molecule is CC(CN)CSCC1CCCc2ccccc21. The Morgan fingerprint density at radius 1 is 1.41 bits per heavy atom. The Morgan fingerprint density at radius 3 is 3.06 bits per heavy atom. The van der Waals surface area contributed by atoms with Crippen LogP contribution in [0.3, 0.4) is 0 Å². The van der Waals surface area contributed by atoms with E-state index in [0.29, 0.717) is 5.92 Å². The van der Waals surface area contributed by atoms with Gasteiger partial charge >= 0.3 is 0 Å². The molecule has 0 spiro atoms. The van der Waals surface area contributed by atoms with Gasteiger partial charge in [-0.05, 0) is 54.5 Å². The first kappa shape index (κ1) is 13.0. The van der Waals surface area contributed by atoms with Crippen molar-refractivity contribution in [3.8, 4) is 0 Å². The molecule has 94 valence electrons. The van der Waals surface area contributed by atoms with Gasteiger partial charge in [-0.3, -0.25) is 0 Å². The van der Waals surface area contributed by atoms with Gasteiger partial charge in [-0.15, -0.1) is 0 Å². The van der Waals surface area contributed by atoms with Crippen LogP contribution in [-0.2, 0) is 6.42 Å². The highest BCUT2D eigenvalue weighted by Crippen LogP contribution is 2.34. The molecule has 2 N–H and O–H groups in total. The summed E-state index contributed by atoms with van der Waals surface area (Å²) in [5, 5.41) is 0. The molecule has 0 fully saturated rings. The first-order valence-corrected chi connectivity index (χ1v) is 7.82. The molecule has 0 radical (unpaired) electrons. The van der Waals surface area contributed by atoms with Crippen LogP contribution in [0.5, 0.6) is 0 Å². The number of hydrogen-bond acceptors (Lipinski definition) is 2. The Hall–Kier alpha value is -0.470. The van der Waals surface area contributed by atoms with Gasteiger partial charge in [0.2, 0.25) is 0 Å². The van der Waals surface area contributed by atoms with Gasteiger partial charge in [-0.1, -0.05) is 31.2 Å². The van der Waals surface area contributed by atoms with E-state index in [4.69, 9.17) is 5.73 Å². The largest absolute Gasteiger partial charge is 0.330 e. The van der Waals surface area contributed by atoms with Gasteiger partial charge < -0.3 is 5.73 Å². The van der Waals surface area contributed by atoms with Crippen LogP contribution in [0.15, 0.2) is 24.3 Å². The summed E-state index contributed by atoms with van der Waals surface area (Å²) in [5.41, 5.74) is 8.84. The highest BCUT2D eigenvalue weighted by atomic mass is 32.2. The van der Waals surface area contributed by atoms with E-state index < -0.39 is 0 Å². The maximum absolute atomic E-state index is 5.65. The third-order valence-electron chi connectivity index (χ3n) is 3.62. The summed E-state index contributed by atoms with van der Waals surface area (Å²) < 4.78 is 0. The molecule has 0 heterocycles. The molecule has 0 amide bonds. The van der Waals surface area contributed by atoms with Crippen molar-refractivity contribution in [3.05, 3.63) is 35.4 Å². The molecule has 2 unspecified atom stereocenters. The zero-order valence-electron chi connectivity index (χ0n) is 10.7. The molecule has 2 atom stereocenters. The lowest BCUT2D eigenvalue weighted by atomic mass is 9.84. The third-order valence-corrected chi connectivity index (χ3v) is 5.06. The summed E-state index contributed by atoms with van der Waals surface area (Å²) in [6.07, 6.45) is 3.99. The molecule has 0 aliphatic heterocycles. The fourth-order valence-corrected chi connectivity index (χ4v) is 3.81.